The highest BCUT2D eigenvalue weighted by Gasteiger charge is 2.13. The van der Waals surface area contributed by atoms with E-state index in [0.717, 1.165) is 19.5 Å². The molecule has 0 aromatic carbocycles. The van der Waals surface area contributed by atoms with E-state index in [9.17, 15) is 4.79 Å². The predicted octanol–water partition coefficient (Wildman–Crippen LogP) is 0.529. The summed E-state index contributed by atoms with van der Waals surface area (Å²) in [4.78, 5) is 11.4. The van der Waals surface area contributed by atoms with Crippen LogP contribution in [-0.2, 0) is 9.53 Å². The van der Waals surface area contributed by atoms with Crippen LogP contribution in [0.4, 0.5) is 0 Å². The Morgan fingerprint density at radius 2 is 2.47 bits per heavy atom. The minimum absolute atomic E-state index is 0.151. The molecule has 0 aromatic heterocycles. The molecule has 1 unspecified atom stereocenters. The van der Waals surface area contributed by atoms with Gasteiger partial charge in [0.25, 0.3) is 0 Å². The molecule has 88 valence electrons. The van der Waals surface area contributed by atoms with Gasteiger partial charge in [-0.1, -0.05) is 0 Å². The number of carbonyl (C=O) groups is 1. The number of hydrogen-bond acceptors (Lipinski definition) is 3. The van der Waals surface area contributed by atoms with Crippen molar-refractivity contribution in [3.05, 3.63) is 0 Å². The number of ether oxygens (including phenoxy) is 1. The fourth-order valence-corrected chi connectivity index (χ4v) is 1.89. The molecule has 1 fully saturated rings. The lowest BCUT2D eigenvalue weighted by molar-refractivity contribution is -0.121. The number of amides is 1. The van der Waals surface area contributed by atoms with Gasteiger partial charge in [0.15, 0.2) is 0 Å². The van der Waals surface area contributed by atoms with Crippen molar-refractivity contribution in [1.29, 1.82) is 0 Å². The molecule has 0 spiro atoms. The van der Waals surface area contributed by atoms with Crippen LogP contribution in [0.5, 0.6) is 0 Å². The molecule has 0 bridgehead atoms. The van der Waals surface area contributed by atoms with Crippen LogP contribution in [0.3, 0.4) is 0 Å². The van der Waals surface area contributed by atoms with Crippen LogP contribution in [0, 0.1) is 5.92 Å². The number of piperidine rings is 1. The van der Waals surface area contributed by atoms with Gasteiger partial charge in [0, 0.05) is 20.1 Å². The highest BCUT2D eigenvalue weighted by molar-refractivity contribution is 5.75. The lowest BCUT2D eigenvalue weighted by Crippen LogP contribution is -2.32. The molecular formula is C11H22N2O2. The molecule has 2 N–H and O–H groups in total. The molecule has 0 aromatic rings. The molecule has 1 heterocycles. The molecule has 1 saturated heterocycles. The van der Waals surface area contributed by atoms with E-state index in [1.807, 2.05) is 0 Å². The SMILES string of the molecule is COCCNC(=O)CCC1CCCNC1. The Hall–Kier alpha value is -0.610. The smallest absolute Gasteiger partial charge is 0.220 e. The third-order valence-electron chi connectivity index (χ3n) is 2.81. The Balaban J connectivity index is 2.00. The van der Waals surface area contributed by atoms with Crippen LogP contribution in [0.15, 0.2) is 0 Å². The summed E-state index contributed by atoms with van der Waals surface area (Å²) >= 11 is 0. The zero-order valence-electron chi connectivity index (χ0n) is 9.55. The summed E-state index contributed by atoms with van der Waals surface area (Å²) < 4.78 is 4.86. The van der Waals surface area contributed by atoms with E-state index < -0.39 is 0 Å². The second kappa shape index (κ2) is 7.65. The fraction of sp³-hybridized carbons (Fsp3) is 0.909. The van der Waals surface area contributed by atoms with E-state index in [4.69, 9.17) is 4.74 Å². The van der Waals surface area contributed by atoms with Gasteiger partial charge < -0.3 is 15.4 Å². The summed E-state index contributed by atoms with van der Waals surface area (Å²) in [5, 5.41) is 6.20. The van der Waals surface area contributed by atoms with Crippen LogP contribution >= 0.6 is 0 Å². The van der Waals surface area contributed by atoms with Gasteiger partial charge in [-0.3, -0.25) is 4.79 Å². The average Bonchev–Trinajstić information content (AvgIpc) is 2.28. The maximum atomic E-state index is 11.4. The maximum Gasteiger partial charge on any atom is 0.220 e. The first-order chi connectivity index (χ1) is 7.33. The van der Waals surface area contributed by atoms with Crippen LogP contribution in [0.2, 0.25) is 0 Å². The Labute approximate surface area is 91.8 Å². The van der Waals surface area contributed by atoms with Gasteiger partial charge in [-0.15, -0.1) is 0 Å². The van der Waals surface area contributed by atoms with E-state index in [2.05, 4.69) is 10.6 Å². The van der Waals surface area contributed by atoms with Crippen LogP contribution in [0.25, 0.3) is 0 Å². The van der Waals surface area contributed by atoms with Crippen molar-refractivity contribution in [3.63, 3.8) is 0 Å². The largest absolute Gasteiger partial charge is 0.383 e. The Morgan fingerprint density at radius 3 is 3.13 bits per heavy atom. The van der Waals surface area contributed by atoms with Gasteiger partial charge in [-0.25, -0.2) is 0 Å². The van der Waals surface area contributed by atoms with Gasteiger partial charge in [-0.05, 0) is 38.3 Å². The molecular weight excluding hydrogens is 192 g/mol. The number of carbonyl (C=O) groups excluding carboxylic acids is 1. The zero-order chi connectivity index (χ0) is 10.9. The molecule has 0 aliphatic carbocycles. The molecule has 1 amide bonds. The molecule has 0 saturated carbocycles. The van der Waals surface area contributed by atoms with E-state index in [1.54, 1.807) is 7.11 Å². The monoisotopic (exact) mass is 214 g/mol. The highest BCUT2D eigenvalue weighted by atomic mass is 16.5. The third-order valence-corrected chi connectivity index (χ3v) is 2.81. The maximum absolute atomic E-state index is 11.4. The van der Waals surface area contributed by atoms with Crippen molar-refractivity contribution in [2.24, 2.45) is 5.92 Å². The highest BCUT2D eigenvalue weighted by Crippen LogP contribution is 2.15. The van der Waals surface area contributed by atoms with Crippen LogP contribution in [-0.4, -0.2) is 39.3 Å². The number of rotatable bonds is 6. The Bertz CT molecular complexity index is 179. The predicted molar refractivity (Wildman–Crippen MR) is 59.7 cm³/mol. The van der Waals surface area contributed by atoms with Gasteiger partial charge in [0.2, 0.25) is 5.91 Å². The molecule has 0 radical (unpaired) electrons. The van der Waals surface area contributed by atoms with E-state index in [1.165, 1.54) is 12.8 Å². The average molecular weight is 214 g/mol. The summed E-state index contributed by atoms with van der Waals surface area (Å²) in [6, 6.07) is 0. The minimum Gasteiger partial charge on any atom is -0.383 e. The van der Waals surface area contributed by atoms with Crippen molar-refractivity contribution in [3.8, 4) is 0 Å². The lowest BCUT2D eigenvalue weighted by atomic mass is 9.94. The quantitative estimate of drug-likeness (QED) is 0.634. The second-order valence-electron chi connectivity index (χ2n) is 4.09. The van der Waals surface area contributed by atoms with Crippen molar-refractivity contribution in [2.45, 2.75) is 25.7 Å². The number of methoxy groups -OCH3 is 1. The summed E-state index contributed by atoms with van der Waals surface area (Å²) in [6.45, 7) is 3.43. The summed E-state index contributed by atoms with van der Waals surface area (Å²) in [7, 11) is 1.64. The summed E-state index contributed by atoms with van der Waals surface area (Å²) in [5.41, 5.74) is 0. The first kappa shape index (κ1) is 12.5. The Morgan fingerprint density at radius 1 is 1.60 bits per heavy atom. The summed E-state index contributed by atoms with van der Waals surface area (Å²) in [5.74, 6) is 0.838. The lowest BCUT2D eigenvalue weighted by Gasteiger charge is -2.22. The minimum atomic E-state index is 0.151. The van der Waals surface area contributed by atoms with Crippen molar-refractivity contribution in [2.75, 3.05) is 33.4 Å². The fourth-order valence-electron chi connectivity index (χ4n) is 1.89. The van der Waals surface area contributed by atoms with E-state index >= 15 is 0 Å². The second-order valence-corrected chi connectivity index (χ2v) is 4.09. The van der Waals surface area contributed by atoms with Crippen LogP contribution in [0.1, 0.15) is 25.7 Å². The van der Waals surface area contributed by atoms with Gasteiger partial charge in [0.1, 0.15) is 0 Å². The first-order valence-corrected chi connectivity index (χ1v) is 5.79. The van der Waals surface area contributed by atoms with E-state index in [0.29, 0.717) is 25.5 Å². The zero-order valence-corrected chi connectivity index (χ0v) is 9.55. The first-order valence-electron chi connectivity index (χ1n) is 5.79. The molecule has 1 rings (SSSR count). The normalized spacial score (nSPS) is 21.3. The molecule has 1 aliphatic heterocycles. The number of hydrogen-bond donors (Lipinski definition) is 2. The third kappa shape index (κ3) is 5.74. The van der Waals surface area contributed by atoms with Gasteiger partial charge in [0.05, 0.1) is 6.61 Å². The van der Waals surface area contributed by atoms with Crippen molar-refractivity contribution >= 4 is 5.91 Å². The molecule has 15 heavy (non-hydrogen) atoms. The van der Waals surface area contributed by atoms with Gasteiger partial charge in [-0.2, -0.15) is 0 Å². The van der Waals surface area contributed by atoms with E-state index in [-0.39, 0.29) is 5.91 Å². The number of nitrogens with one attached hydrogen (secondary N) is 2. The van der Waals surface area contributed by atoms with Crippen molar-refractivity contribution < 1.29 is 9.53 Å². The van der Waals surface area contributed by atoms with Crippen LogP contribution < -0.4 is 10.6 Å². The van der Waals surface area contributed by atoms with Gasteiger partial charge >= 0.3 is 0 Å². The topological polar surface area (TPSA) is 50.4 Å². The molecule has 4 heteroatoms. The standard InChI is InChI=1S/C11H22N2O2/c1-15-8-7-13-11(14)5-4-10-3-2-6-12-9-10/h10,12H,2-9H2,1H3,(H,13,14). The van der Waals surface area contributed by atoms with Crippen molar-refractivity contribution in [1.82, 2.24) is 10.6 Å². The molecule has 4 nitrogen and oxygen atoms in total. The Kier molecular flexibility index (Phi) is 6.36. The molecule has 1 atom stereocenters. The summed E-state index contributed by atoms with van der Waals surface area (Å²) in [6.07, 6.45) is 4.16. The molecule has 1 aliphatic rings.